The van der Waals surface area contributed by atoms with Crippen LogP contribution < -0.4 is 14.2 Å². The summed E-state index contributed by atoms with van der Waals surface area (Å²) in [4.78, 5) is 7.76. The van der Waals surface area contributed by atoms with Crippen LogP contribution in [0.3, 0.4) is 0 Å². The molecule has 0 amide bonds. The zero-order chi connectivity index (χ0) is 16.2. The lowest BCUT2D eigenvalue weighted by molar-refractivity contribution is 0.353. The molecule has 0 fully saturated rings. The first-order valence-electron chi connectivity index (χ1n) is 6.13. The second kappa shape index (κ2) is 6.80. The summed E-state index contributed by atoms with van der Waals surface area (Å²) in [6.07, 6.45) is 1.28. The number of nitrogens with zero attached hydrogens (tertiary/aromatic N) is 2. The minimum Gasteiger partial charge on any atom is -0.479 e. The molecule has 0 saturated carbocycles. The number of rotatable bonds is 6. The van der Waals surface area contributed by atoms with Crippen molar-refractivity contribution in [2.75, 3.05) is 18.9 Å². The van der Waals surface area contributed by atoms with E-state index in [0.717, 1.165) is 0 Å². The second-order valence-electron chi connectivity index (χ2n) is 4.27. The molecule has 22 heavy (non-hydrogen) atoms. The number of methoxy groups -OCH3 is 2. The van der Waals surface area contributed by atoms with Crippen LogP contribution in [0.2, 0.25) is 5.02 Å². The minimum absolute atomic E-state index is 0.0709. The highest BCUT2D eigenvalue weighted by Gasteiger charge is 2.17. The number of nitrogens with one attached hydrogen (secondary N) is 1. The van der Waals surface area contributed by atoms with Gasteiger partial charge in [0.05, 0.1) is 26.2 Å². The van der Waals surface area contributed by atoms with Gasteiger partial charge in [0.2, 0.25) is 15.9 Å². The minimum atomic E-state index is -3.67. The van der Waals surface area contributed by atoms with Crippen molar-refractivity contribution in [2.24, 2.45) is 0 Å². The van der Waals surface area contributed by atoms with Crippen molar-refractivity contribution in [3.8, 4) is 11.9 Å². The van der Waals surface area contributed by atoms with Crippen molar-refractivity contribution in [3.63, 3.8) is 0 Å². The van der Waals surface area contributed by atoms with Gasteiger partial charge in [-0.1, -0.05) is 23.7 Å². The first kappa shape index (κ1) is 16.3. The number of sulfonamides is 1. The molecular weight excluding hydrogens is 330 g/mol. The summed E-state index contributed by atoms with van der Waals surface area (Å²) in [5.41, 5.74) is 0.693. The highest BCUT2D eigenvalue weighted by Crippen LogP contribution is 2.24. The third kappa shape index (κ3) is 4.22. The number of hydrogen-bond donors (Lipinski definition) is 1. The van der Waals surface area contributed by atoms with Crippen LogP contribution in [0.4, 0.5) is 5.69 Å². The number of anilines is 1. The van der Waals surface area contributed by atoms with E-state index in [1.54, 1.807) is 24.3 Å². The summed E-state index contributed by atoms with van der Waals surface area (Å²) in [6, 6.07) is 6.69. The zero-order valence-corrected chi connectivity index (χ0v) is 13.5. The maximum absolute atomic E-state index is 12.2. The standard InChI is InChI=1S/C13H14ClN3O4S/c1-20-12-11(7-15-13(16-12)21-2)17-22(18,19)8-9-4-3-5-10(14)6-9/h3-7,17H,8H2,1-2H3. The molecule has 0 aliphatic carbocycles. The lowest BCUT2D eigenvalue weighted by atomic mass is 10.2. The van der Waals surface area contributed by atoms with Crippen molar-refractivity contribution < 1.29 is 17.9 Å². The molecule has 1 heterocycles. The second-order valence-corrected chi connectivity index (χ2v) is 6.43. The molecule has 118 valence electrons. The van der Waals surface area contributed by atoms with Crippen molar-refractivity contribution >= 4 is 27.3 Å². The Balaban J connectivity index is 2.21. The van der Waals surface area contributed by atoms with Crippen LogP contribution in [0, 0.1) is 0 Å². The Bertz CT molecular complexity index is 768. The summed E-state index contributed by atoms with van der Waals surface area (Å²) >= 11 is 5.85. The highest BCUT2D eigenvalue weighted by molar-refractivity contribution is 7.91. The Hall–Kier alpha value is -2.06. The fourth-order valence-corrected chi connectivity index (χ4v) is 3.10. The highest BCUT2D eigenvalue weighted by atomic mass is 35.5. The molecule has 0 unspecified atom stereocenters. The van der Waals surface area contributed by atoms with Crippen LogP contribution in [0.5, 0.6) is 11.9 Å². The molecular formula is C13H14ClN3O4S. The molecule has 0 radical (unpaired) electrons. The van der Waals surface area contributed by atoms with Gasteiger partial charge in [0.1, 0.15) is 5.69 Å². The Kier molecular flexibility index (Phi) is 5.04. The molecule has 1 aromatic carbocycles. The van der Waals surface area contributed by atoms with E-state index >= 15 is 0 Å². The lowest BCUT2D eigenvalue weighted by Crippen LogP contribution is -2.16. The quantitative estimate of drug-likeness (QED) is 0.863. The molecule has 1 aromatic heterocycles. The smallest absolute Gasteiger partial charge is 0.319 e. The number of hydrogen-bond acceptors (Lipinski definition) is 6. The third-order valence-corrected chi connectivity index (χ3v) is 4.10. The molecule has 0 aliphatic heterocycles. The van der Waals surface area contributed by atoms with Gasteiger partial charge < -0.3 is 9.47 Å². The van der Waals surface area contributed by atoms with Crippen molar-refractivity contribution in [1.29, 1.82) is 0 Å². The van der Waals surface area contributed by atoms with Crippen LogP contribution in [-0.2, 0) is 15.8 Å². The molecule has 0 aliphatic rings. The van der Waals surface area contributed by atoms with Crippen LogP contribution in [0.25, 0.3) is 0 Å². The normalized spacial score (nSPS) is 11.0. The fraction of sp³-hybridized carbons (Fsp3) is 0.231. The predicted molar refractivity (Wildman–Crippen MR) is 82.8 cm³/mol. The van der Waals surface area contributed by atoms with Crippen LogP contribution in [-0.4, -0.2) is 32.6 Å². The van der Waals surface area contributed by atoms with Gasteiger partial charge in [0.25, 0.3) is 0 Å². The van der Waals surface area contributed by atoms with Gasteiger partial charge in [-0.2, -0.15) is 4.98 Å². The van der Waals surface area contributed by atoms with E-state index in [0.29, 0.717) is 10.6 Å². The maximum atomic E-state index is 12.2. The number of halogens is 1. The van der Waals surface area contributed by atoms with Crippen molar-refractivity contribution in [1.82, 2.24) is 9.97 Å². The van der Waals surface area contributed by atoms with Crippen molar-refractivity contribution in [2.45, 2.75) is 5.75 Å². The number of benzene rings is 1. The van der Waals surface area contributed by atoms with Gasteiger partial charge in [-0.3, -0.25) is 4.72 Å². The van der Waals surface area contributed by atoms with E-state index in [-0.39, 0.29) is 23.3 Å². The summed E-state index contributed by atoms with van der Waals surface area (Å²) in [5, 5.41) is 0.470. The number of ether oxygens (including phenoxy) is 2. The van der Waals surface area contributed by atoms with Crippen LogP contribution in [0.1, 0.15) is 5.56 Å². The first-order valence-corrected chi connectivity index (χ1v) is 8.16. The maximum Gasteiger partial charge on any atom is 0.319 e. The largest absolute Gasteiger partial charge is 0.479 e. The molecule has 0 atom stereocenters. The van der Waals surface area contributed by atoms with E-state index in [1.807, 2.05) is 0 Å². The first-order chi connectivity index (χ1) is 10.4. The fourth-order valence-electron chi connectivity index (χ4n) is 1.72. The monoisotopic (exact) mass is 343 g/mol. The Labute approximate surface area is 133 Å². The molecule has 9 heteroatoms. The molecule has 7 nitrogen and oxygen atoms in total. The Morgan fingerprint density at radius 1 is 1.27 bits per heavy atom. The Morgan fingerprint density at radius 3 is 2.68 bits per heavy atom. The third-order valence-electron chi connectivity index (χ3n) is 2.62. The van der Waals surface area contributed by atoms with E-state index in [4.69, 9.17) is 21.1 Å². The van der Waals surface area contributed by atoms with Crippen LogP contribution >= 0.6 is 11.6 Å². The summed E-state index contributed by atoms with van der Waals surface area (Å²) in [7, 11) is -0.894. The van der Waals surface area contributed by atoms with Gasteiger partial charge >= 0.3 is 6.01 Å². The molecule has 0 bridgehead atoms. The van der Waals surface area contributed by atoms with E-state index < -0.39 is 10.0 Å². The summed E-state index contributed by atoms with van der Waals surface area (Å²) in [5.74, 6) is -0.163. The summed E-state index contributed by atoms with van der Waals surface area (Å²) in [6.45, 7) is 0. The SMILES string of the molecule is COc1ncc(NS(=O)(=O)Cc2cccc(Cl)c2)c(OC)n1. The van der Waals surface area contributed by atoms with E-state index in [9.17, 15) is 8.42 Å². The molecule has 0 saturated heterocycles. The molecule has 2 aromatic rings. The number of aromatic nitrogens is 2. The average molecular weight is 344 g/mol. The predicted octanol–water partition coefficient (Wildman–Crippen LogP) is 2.09. The van der Waals surface area contributed by atoms with Crippen LogP contribution in [0.15, 0.2) is 30.5 Å². The van der Waals surface area contributed by atoms with Gasteiger partial charge in [0, 0.05) is 5.02 Å². The van der Waals surface area contributed by atoms with E-state index in [2.05, 4.69) is 14.7 Å². The average Bonchev–Trinajstić information content (AvgIpc) is 2.46. The lowest BCUT2D eigenvalue weighted by Gasteiger charge is -2.11. The van der Waals surface area contributed by atoms with E-state index in [1.165, 1.54) is 20.4 Å². The van der Waals surface area contributed by atoms with Gasteiger partial charge in [-0.05, 0) is 17.7 Å². The molecule has 1 N–H and O–H groups in total. The Morgan fingerprint density at radius 2 is 2.05 bits per heavy atom. The summed E-state index contributed by atoms with van der Waals surface area (Å²) < 4.78 is 36.7. The van der Waals surface area contributed by atoms with Gasteiger partial charge in [-0.15, -0.1) is 0 Å². The molecule has 2 rings (SSSR count). The molecule has 0 spiro atoms. The van der Waals surface area contributed by atoms with Gasteiger partial charge in [-0.25, -0.2) is 13.4 Å². The van der Waals surface area contributed by atoms with Gasteiger partial charge in [0.15, 0.2) is 0 Å². The zero-order valence-electron chi connectivity index (χ0n) is 11.9. The van der Waals surface area contributed by atoms with Crippen molar-refractivity contribution in [3.05, 3.63) is 41.0 Å². The topological polar surface area (TPSA) is 90.4 Å².